The van der Waals surface area contributed by atoms with Gasteiger partial charge < -0.3 is 10.0 Å². The van der Waals surface area contributed by atoms with Gasteiger partial charge in [-0.05, 0) is 26.0 Å². The van der Waals surface area contributed by atoms with Gasteiger partial charge in [-0.1, -0.05) is 17.7 Å². The van der Waals surface area contributed by atoms with E-state index in [4.69, 9.17) is 5.11 Å². The minimum absolute atomic E-state index is 0.115. The second-order valence-corrected chi connectivity index (χ2v) is 5.67. The lowest BCUT2D eigenvalue weighted by Crippen LogP contribution is -2.28. The Bertz CT molecular complexity index is 552. The second-order valence-electron chi connectivity index (χ2n) is 4.75. The molecule has 1 aromatic carbocycles. The minimum atomic E-state index is -0.779. The van der Waals surface area contributed by atoms with Gasteiger partial charge in [-0.3, -0.25) is 9.78 Å². The summed E-state index contributed by atoms with van der Waals surface area (Å²) in [6.07, 6.45) is 1.97. The molecule has 0 saturated heterocycles. The quantitative estimate of drug-likeness (QED) is 0.884. The molecule has 20 heavy (non-hydrogen) atoms. The topological polar surface area (TPSA) is 53.4 Å². The van der Waals surface area contributed by atoms with Crippen molar-refractivity contribution in [2.24, 2.45) is 0 Å². The molecule has 1 heterocycles. The van der Waals surface area contributed by atoms with Gasteiger partial charge in [0.25, 0.3) is 0 Å². The maximum atomic E-state index is 10.9. The smallest absolute Gasteiger partial charge is 0.305 e. The maximum absolute atomic E-state index is 10.9. The van der Waals surface area contributed by atoms with E-state index in [0.29, 0.717) is 6.54 Å². The summed E-state index contributed by atoms with van der Waals surface area (Å²) >= 11 is 1.59. The summed E-state index contributed by atoms with van der Waals surface area (Å²) in [6, 6.07) is 8.28. The minimum Gasteiger partial charge on any atom is -0.481 e. The summed E-state index contributed by atoms with van der Waals surface area (Å²) in [4.78, 5) is 18.2. The number of aromatic nitrogens is 1. The Balaban J connectivity index is 2.24. The summed E-state index contributed by atoms with van der Waals surface area (Å²) in [5.74, 6) is -0.779. The third-order valence-corrected chi connectivity index (χ3v) is 4.21. The Morgan fingerprint density at radius 1 is 1.40 bits per heavy atom. The van der Waals surface area contributed by atoms with E-state index in [0.717, 1.165) is 10.6 Å². The van der Waals surface area contributed by atoms with Gasteiger partial charge in [0.15, 0.2) is 0 Å². The first-order chi connectivity index (χ1) is 9.58. The molecule has 0 aliphatic rings. The summed E-state index contributed by atoms with van der Waals surface area (Å²) < 4.78 is 0. The normalized spacial score (nSPS) is 12.1. The Hall–Kier alpha value is -1.88. The lowest BCUT2D eigenvalue weighted by atomic mass is 10.1. The van der Waals surface area contributed by atoms with Crippen molar-refractivity contribution in [1.29, 1.82) is 0 Å². The largest absolute Gasteiger partial charge is 0.481 e. The Morgan fingerprint density at radius 3 is 2.65 bits per heavy atom. The third kappa shape index (κ3) is 3.57. The van der Waals surface area contributed by atoms with Gasteiger partial charge in [0, 0.05) is 23.3 Å². The van der Waals surface area contributed by atoms with Crippen LogP contribution < -0.4 is 4.90 Å². The molecule has 0 bridgehead atoms. The Labute approximate surface area is 122 Å². The molecule has 1 aromatic heterocycles. The fraction of sp³-hybridized carbons (Fsp3) is 0.333. The summed E-state index contributed by atoms with van der Waals surface area (Å²) in [5.41, 5.74) is 4.03. The molecule has 1 atom stereocenters. The van der Waals surface area contributed by atoms with Gasteiger partial charge in [-0.15, -0.1) is 11.3 Å². The summed E-state index contributed by atoms with van der Waals surface area (Å²) in [6.45, 7) is 4.60. The molecule has 4 nitrogen and oxygen atoms in total. The molecule has 2 aromatic rings. The van der Waals surface area contributed by atoms with Crippen molar-refractivity contribution in [3.05, 3.63) is 46.4 Å². The van der Waals surface area contributed by atoms with Crippen LogP contribution in [0.3, 0.4) is 0 Å². The highest BCUT2D eigenvalue weighted by Gasteiger charge is 2.18. The average Bonchev–Trinajstić information content (AvgIpc) is 2.94. The van der Waals surface area contributed by atoms with Crippen molar-refractivity contribution in [1.82, 2.24) is 4.98 Å². The van der Waals surface area contributed by atoms with Gasteiger partial charge in [-0.2, -0.15) is 0 Å². The molecular formula is C15H18N2O2S. The monoisotopic (exact) mass is 290 g/mol. The number of nitrogens with zero attached hydrogens (tertiary/aromatic N) is 2. The first-order valence-electron chi connectivity index (χ1n) is 6.51. The van der Waals surface area contributed by atoms with Crippen LogP contribution in [0.5, 0.6) is 0 Å². The zero-order valence-corrected chi connectivity index (χ0v) is 12.4. The highest BCUT2D eigenvalue weighted by atomic mass is 32.1. The molecule has 0 spiro atoms. The average molecular weight is 290 g/mol. The Morgan fingerprint density at radius 2 is 2.10 bits per heavy atom. The molecule has 0 fully saturated rings. The number of anilines is 1. The molecule has 0 aliphatic heterocycles. The van der Waals surface area contributed by atoms with Crippen LogP contribution in [-0.4, -0.2) is 22.6 Å². The van der Waals surface area contributed by atoms with Gasteiger partial charge in [-0.25, -0.2) is 0 Å². The van der Waals surface area contributed by atoms with Gasteiger partial charge in [0.1, 0.15) is 0 Å². The van der Waals surface area contributed by atoms with Gasteiger partial charge in [0.05, 0.1) is 18.0 Å². The number of aliphatic carboxylic acids is 1. The number of carbonyl (C=O) groups is 1. The van der Waals surface area contributed by atoms with Crippen molar-refractivity contribution in [2.75, 3.05) is 11.4 Å². The van der Waals surface area contributed by atoms with E-state index in [-0.39, 0.29) is 12.5 Å². The van der Waals surface area contributed by atoms with Crippen molar-refractivity contribution < 1.29 is 9.90 Å². The lowest BCUT2D eigenvalue weighted by Gasteiger charge is -2.30. The fourth-order valence-electron chi connectivity index (χ4n) is 2.08. The van der Waals surface area contributed by atoms with Crippen LogP contribution in [0, 0.1) is 6.92 Å². The number of benzene rings is 1. The number of carboxylic acids is 1. The molecular weight excluding hydrogens is 272 g/mol. The summed E-state index contributed by atoms with van der Waals surface area (Å²) in [7, 11) is 0. The van der Waals surface area contributed by atoms with Gasteiger partial charge >= 0.3 is 5.97 Å². The number of thiazole rings is 1. The highest BCUT2D eigenvalue weighted by molar-refractivity contribution is 7.09. The Kier molecular flexibility index (Phi) is 4.74. The zero-order valence-electron chi connectivity index (χ0n) is 11.6. The van der Waals surface area contributed by atoms with Crippen molar-refractivity contribution >= 4 is 23.0 Å². The molecule has 2 rings (SSSR count). The summed E-state index contributed by atoms with van der Waals surface area (Å²) in [5, 5.41) is 8.93. The molecule has 0 radical (unpaired) electrons. The van der Waals surface area contributed by atoms with Gasteiger partial charge in [0.2, 0.25) is 0 Å². The van der Waals surface area contributed by atoms with E-state index < -0.39 is 5.97 Å². The SMILES string of the molecule is Cc1ccc(N(CCC(=O)O)C(C)c2cncs2)cc1. The highest BCUT2D eigenvalue weighted by Crippen LogP contribution is 2.29. The molecule has 106 valence electrons. The van der Waals surface area contributed by atoms with Crippen LogP contribution in [0.25, 0.3) is 0 Å². The first kappa shape index (κ1) is 14.5. The molecule has 0 saturated carbocycles. The van der Waals surface area contributed by atoms with E-state index in [2.05, 4.69) is 16.8 Å². The van der Waals surface area contributed by atoms with Crippen LogP contribution in [0.4, 0.5) is 5.69 Å². The molecule has 0 aliphatic carbocycles. The fourth-order valence-corrected chi connectivity index (χ4v) is 2.77. The predicted molar refractivity (Wildman–Crippen MR) is 81.3 cm³/mol. The van der Waals surface area contributed by atoms with E-state index in [9.17, 15) is 4.79 Å². The number of carboxylic acid groups (broad SMARTS) is 1. The molecule has 1 N–H and O–H groups in total. The number of rotatable bonds is 6. The standard InChI is InChI=1S/C15H18N2O2S/c1-11-3-5-13(6-4-11)17(8-7-15(18)19)12(2)14-9-16-10-20-14/h3-6,9-10,12H,7-8H2,1-2H3,(H,18,19). The van der Waals surface area contributed by atoms with Crippen LogP contribution in [0.15, 0.2) is 36.0 Å². The van der Waals surface area contributed by atoms with E-state index in [1.165, 1.54) is 5.56 Å². The molecule has 0 amide bonds. The predicted octanol–water partition coefficient (Wildman–Crippen LogP) is 3.49. The number of hydrogen-bond donors (Lipinski definition) is 1. The number of hydrogen-bond acceptors (Lipinski definition) is 4. The molecule has 1 unspecified atom stereocenters. The van der Waals surface area contributed by atoms with Crippen molar-refractivity contribution in [3.63, 3.8) is 0 Å². The molecule has 5 heteroatoms. The van der Waals surface area contributed by atoms with Crippen molar-refractivity contribution in [3.8, 4) is 0 Å². The zero-order chi connectivity index (χ0) is 14.5. The van der Waals surface area contributed by atoms with E-state index in [1.54, 1.807) is 16.8 Å². The van der Waals surface area contributed by atoms with Crippen molar-refractivity contribution in [2.45, 2.75) is 26.3 Å². The maximum Gasteiger partial charge on any atom is 0.305 e. The lowest BCUT2D eigenvalue weighted by molar-refractivity contribution is -0.136. The van der Waals surface area contributed by atoms with Crippen LogP contribution >= 0.6 is 11.3 Å². The van der Waals surface area contributed by atoms with E-state index >= 15 is 0 Å². The third-order valence-electron chi connectivity index (χ3n) is 3.26. The second kappa shape index (κ2) is 6.52. The van der Waals surface area contributed by atoms with E-state index in [1.807, 2.05) is 37.4 Å². The first-order valence-corrected chi connectivity index (χ1v) is 7.39. The van der Waals surface area contributed by atoms with Crippen LogP contribution in [0.2, 0.25) is 0 Å². The van der Waals surface area contributed by atoms with Crippen LogP contribution in [0.1, 0.15) is 29.8 Å². The number of aryl methyl sites for hydroxylation is 1. The van der Waals surface area contributed by atoms with Crippen LogP contribution in [-0.2, 0) is 4.79 Å².